The number of nitrogens with zero attached hydrogens (tertiary/aromatic N) is 5. The molecule has 1 aliphatic rings. The second-order valence-electron chi connectivity index (χ2n) is 9.04. The van der Waals surface area contributed by atoms with Crippen LogP contribution in [0.25, 0.3) is 11.1 Å². The minimum Gasteiger partial charge on any atom is -0.441 e. The van der Waals surface area contributed by atoms with Gasteiger partial charge in [0.1, 0.15) is 5.52 Å². The number of anilines is 1. The number of oxazole rings is 1. The van der Waals surface area contributed by atoms with Crippen LogP contribution >= 0.6 is 0 Å². The molecule has 0 spiro atoms. The van der Waals surface area contributed by atoms with Crippen LogP contribution < -0.4 is 5.32 Å². The normalized spacial score (nSPS) is 17.6. The first-order chi connectivity index (χ1) is 13.9. The second kappa shape index (κ2) is 7.85. The number of nitrogens with one attached hydrogen (secondary N) is 1. The lowest BCUT2D eigenvalue weighted by atomic mass is 9.92. The molecule has 4 rings (SSSR count). The molecule has 1 aliphatic heterocycles. The number of hydrogen-bond donors (Lipinski definition) is 1. The standard InChI is InChI=1S/C21H28N6O2/c1-21(2,3)12-19-24-17-11-16(6-7-18(17)29-19)23-20(28)26-9-4-5-15(13-26)14-27-10-8-22-25-27/h6-8,10-11,15H,4-5,9,12-14H2,1-3H3,(H,23,28). The van der Waals surface area contributed by atoms with Gasteiger partial charge in [0.05, 0.1) is 6.20 Å². The lowest BCUT2D eigenvalue weighted by Gasteiger charge is -2.32. The molecule has 3 aromatic rings. The number of urea groups is 1. The van der Waals surface area contributed by atoms with Crippen LogP contribution in [0, 0.1) is 11.3 Å². The molecule has 2 amide bonds. The Morgan fingerprint density at radius 1 is 1.34 bits per heavy atom. The van der Waals surface area contributed by atoms with Crippen molar-refractivity contribution in [3.05, 3.63) is 36.5 Å². The highest BCUT2D eigenvalue weighted by Gasteiger charge is 2.24. The van der Waals surface area contributed by atoms with Gasteiger partial charge in [-0.15, -0.1) is 5.10 Å². The second-order valence-corrected chi connectivity index (χ2v) is 9.04. The molecule has 1 fully saturated rings. The Labute approximate surface area is 170 Å². The molecule has 0 radical (unpaired) electrons. The maximum atomic E-state index is 12.8. The molecule has 8 heteroatoms. The van der Waals surface area contributed by atoms with Crippen LogP contribution in [-0.4, -0.2) is 44.0 Å². The molecule has 1 saturated heterocycles. The number of piperidine rings is 1. The van der Waals surface area contributed by atoms with Crippen LogP contribution in [0.15, 0.2) is 35.0 Å². The topological polar surface area (TPSA) is 89.1 Å². The number of likely N-dealkylation sites (tertiary alicyclic amines) is 1. The summed E-state index contributed by atoms with van der Waals surface area (Å²) in [4.78, 5) is 19.2. The largest absolute Gasteiger partial charge is 0.441 e. The first kappa shape index (κ1) is 19.4. The van der Waals surface area contributed by atoms with Gasteiger partial charge in [-0.3, -0.25) is 4.68 Å². The van der Waals surface area contributed by atoms with Crippen molar-refractivity contribution in [2.45, 2.75) is 46.6 Å². The summed E-state index contributed by atoms with van der Waals surface area (Å²) in [5.74, 6) is 1.11. The average molecular weight is 396 g/mol. The van der Waals surface area contributed by atoms with Gasteiger partial charge < -0.3 is 14.6 Å². The lowest BCUT2D eigenvalue weighted by Crippen LogP contribution is -2.43. The van der Waals surface area contributed by atoms with Gasteiger partial charge in [-0.2, -0.15) is 0 Å². The predicted octanol–water partition coefficient (Wildman–Crippen LogP) is 3.95. The monoisotopic (exact) mass is 396 g/mol. The van der Waals surface area contributed by atoms with Gasteiger partial charge in [0.2, 0.25) is 0 Å². The van der Waals surface area contributed by atoms with Crippen LogP contribution in [0.3, 0.4) is 0 Å². The number of rotatable bonds is 4. The fourth-order valence-corrected chi connectivity index (χ4v) is 3.78. The molecule has 0 aliphatic carbocycles. The third kappa shape index (κ3) is 4.93. The summed E-state index contributed by atoms with van der Waals surface area (Å²) in [6, 6.07) is 5.53. The number of amides is 2. The van der Waals surface area contributed by atoms with Gasteiger partial charge in [0.25, 0.3) is 0 Å². The van der Waals surface area contributed by atoms with Gasteiger partial charge >= 0.3 is 6.03 Å². The van der Waals surface area contributed by atoms with E-state index in [9.17, 15) is 4.79 Å². The van der Waals surface area contributed by atoms with Crippen LogP contribution in [0.2, 0.25) is 0 Å². The van der Waals surface area contributed by atoms with Crippen LogP contribution in [-0.2, 0) is 13.0 Å². The summed E-state index contributed by atoms with van der Waals surface area (Å²) >= 11 is 0. The SMILES string of the molecule is CC(C)(C)Cc1nc2cc(NC(=O)N3CCCC(Cn4ccnn4)C3)ccc2o1. The van der Waals surface area contributed by atoms with E-state index in [2.05, 4.69) is 41.4 Å². The fourth-order valence-electron chi connectivity index (χ4n) is 3.78. The highest BCUT2D eigenvalue weighted by molar-refractivity contribution is 5.91. The van der Waals surface area contributed by atoms with Crippen molar-refractivity contribution in [3.8, 4) is 0 Å². The van der Waals surface area contributed by atoms with Crippen LogP contribution in [0.5, 0.6) is 0 Å². The number of carbonyl (C=O) groups excluding carboxylic acids is 1. The van der Waals surface area contributed by atoms with E-state index in [1.54, 1.807) is 6.20 Å². The van der Waals surface area contributed by atoms with E-state index in [0.717, 1.165) is 55.0 Å². The van der Waals surface area contributed by atoms with Crippen molar-refractivity contribution in [3.63, 3.8) is 0 Å². The molecule has 1 unspecified atom stereocenters. The van der Waals surface area contributed by atoms with E-state index in [0.29, 0.717) is 12.5 Å². The Hall–Kier alpha value is -2.90. The Morgan fingerprint density at radius 3 is 2.97 bits per heavy atom. The Bertz CT molecular complexity index is 973. The maximum absolute atomic E-state index is 12.8. The molecular formula is C21H28N6O2. The summed E-state index contributed by atoms with van der Waals surface area (Å²) in [7, 11) is 0. The minimum atomic E-state index is -0.0777. The van der Waals surface area contributed by atoms with Gasteiger partial charge in [-0.1, -0.05) is 26.0 Å². The van der Waals surface area contributed by atoms with Crippen LogP contribution in [0.1, 0.15) is 39.5 Å². The van der Waals surface area contributed by atoms with E-state index in [1.807, 2.05) is 34.0 Å². The quantitative estimate of drug-likeness (QED) is 0.721. The van der Waals surface area contributed by atoms with E-state index in [-0.39, 0.29) is 11.4 Å². The zero-order chi connectivity index (χ0) is 20.4. The van der Waals surface area contributed by atoms with Crippen molar-refractivity contribution in [2.24, 2.45) is 11.3 Å². The Kier molecular flexibility index (Phi) is 5.25. The van der Waals surface area contributed by atoms with E-state index in [1.165, 1.54) is 0 Å². The lowest BCUT2D eigenvalue weighted by molar-refractivity contribution is 0.168. The van der Waals surface area contributed by atoms with E-state index >= 15 is 0 Å². The minimum absolute atomic E-state index is 0.0777. The summed E-state index contributed by atoms with van der Waals surface area (Å²) in [6.07, 6.45) is 6.39. The van der Waals surface area contributed by atoms with Gasteiger partial charge in [0.15, 0.2) is 11.5 Å². The molecule has 1 atom stereocenters. The summed E-state index contributed by atoms with van der Waals surface area (Å²) in [5.41, 5.74) is 2.35. The molecule has 1 N–H and O–H groups in total. The van der Waals surface area contributed by atoms with E-state index < -0.39 is 0 Å². The molecule has 29 heavy (non-hydrogen) atoms. The molecule has 2 aromatic heterocycles. The summed E-state index contributed by atoms with van der Waals surface area (Å²) in [5, 5.41) is 10.9. The zero-order valence-corrected chi connectivity index (χ0v) is 17.3. The molecular weight excluding hydrogens is 368 g/mol. The highest BCUT2D eigenvalue weighted by Crippen LogP contribution is 2.26. The highest BCUT2D eigenvalue weighted by atomic mass is 16.3. The van der Waals surface area contributed by atoms with Crippen molar-refractivity contribution in [2.75, 3.05) is 18.4 Å². The number of aromatic nitrogens is 4. The zero-order valence-electron chi connectivity index (χ0n) is 17.3. The smallest absolute Gasteiger partial charge is 0.321 e. The van der Waals surface area contributed by atoms with Crippen molar-refractivity contribution in [1.82, 2.24) is 24.9 Å². The molecule has 8 nitrogen and oxygen atoms in total. The maximum Gasteiger partial charge on any atom is 0.321 e. The van der Waals surface area contributed by atoms with E-state index in [4.69, 9.17) is 4.42 Å². The van der Waals surface area contributed by atoms with Gasteiger partial charge in [0, 0.05) is 37.9 Å². The summed E-state index contributed by atoms with van der Waals surface area (Å²) in [6.45, 7) is 8.73. The fraction of sp³-hybridized carbons (Fsp3) is 0.524. The number of benzene rings is 1. The number of carbonyl (C=O) groups is 1. The van der Waals surface area contributed by atoms with Gasteiger partial charge in [-0.25, -0.2) is 9.78 Å². The van der Waals surface area contributed by atoms with Crippen LogP contribution in [0.4, 0.5) is 10.5 Å². The number of hydrogen-bond acceptors (Lipinski definition) is 5. The first-order valence-electron chi connectivity index (χ1n) is 10.2. The van der Waals surface area contributed by atoms with Crippen molar-refractivity contribution >= 4 is 22.8 Å². The first-order valence-corrected chi connectivity index (χ1v) is 10.2. The molecule has 1 aromatic carbocycles. The Morgan fingerprint density at radius 2 is 2.21 bits per heavy atom. The predicted molar refractivity (Wildman–Crippen MR) is 111 cm³/mol. The molecule has 0 bridgehead atoms. The van der Waals surface area contributed by atoms with Gasteiger partial charge in [-0.05, 0) is 42.4 Å². The Balaban J connectivity index is 1.40. The molecule has 154 valence electrons. The third-order valence-corrected chi connectivity index (χ3v) is 5.09. The molecule has 3 heterocycles. The molecule has 0 saturated carbocycles. The summed E-state index contributed by atoms with van der Waals surface area (Å²) < 4.78 is 7.67. The van der Waals surface area contributed by atoms with Crippen molar-refractivity contribution < 1.29 is 9.21 Å². The van der Waals surface area contributed by atoms with Crippen molar-refractivity contribution in [1.29, 1.82) is 0 Å². The average Bonchev–Trinajstić information content (AvgIpc) is 3.29. The number of fused-ring (bicyclic) bond motifs is 1. The third-order valence-electron chi connectivity index (χ3n) is 5.09.